The van der Waals surface area contributed by atoms with E-state index >= 15 is 0 Å². The van der Waals surface area contributed by atoms with E-state index in [4.69, 9.17) is 4.74 Å². The van der Waals surface area contributed by atoms with Gasteiger partial charge in [0.2, 0.25) is 11.8 Å². The standard InChI is InChI=1S/C24H19N3O3/c1-30-18-9-6-16-13-25-21(26-19(16)11-18)14-4-7-17(8-5-14)27-22(28)20-15-3-2-10-24(20,12-15)23(27)29/h2-9,11,13,15,20H,10,12H2,1H3/t15?,20?,24-/m1/s1. The molecule has 2 amide bonds. The number of aromatic nitrogens is 2. The van der Waals surface area contributed by atoms with E-state index in [1.165, 1.54) is 4.90 Å². The number of amides is 2. The van der Waals surface area contributed by atoms with E-state index in [9.17, 15) is 9.59 Å². The topological polar surface area (TPSA) is 72.4 Å². The van der Waals surface area contributed by atoms with Crippen molar-refractivity contribution in [3.05, 3.63) is 60.8 Å². The number of benzene rings is 2. The third kappa shape index (κ3) is 2.19. The molecule has 2 aliphatic carbocycles. The zero-order valence-corrected chi connectivity index (χ0v) is 16.4. The fourth-order valence-corrected chi connectivity index (χ4v) is 5.22. The van der Waals surface area contributed by atoms with Gasteiger partial charge in [-0.25, -0.2) is 14.9 Å². The molecule has 0 N–H and O–H groups in total. The van der Waals surface area contributed by atoms with E-state index < -0.39 is 5.41 Å². The lowest BCUT2D eigenvalue weighted by atomic mass is 9.51. The minimum absolute atomic E-state index is 0.0556. The van der Waals surface area contributed by atoms with Crippen LogP contribution in [-0.2, 0) is 9.59 Å². The van der Waals surface area contributed by atoms with Crippen LogP contribution in [0.3, 0.4) is 0 Å². The van der Waals surface area contributed by atoms with Gasteiger partial charge in [0.05, 0.1) is 29.6 Å². The van der Waals surface area contributed by atoms with Gasteiger partial charge in [-0.1, -0.05) is 12.2 Å². The maximum Gasteiger partial charge on any atom is 0.241 e. The number of ether oxygens (including phenoxy) is 1. The van der Waals surface area contributed by atoms with Crippen LogP contribution in [0.25, 0.3) is 22.3 Å². The van der Waals surface area contributed by atoms with Gasteiger partial charge in [0.25, 0.3) is 0 Å². The van der Waals surface area contributed by atoms with Gasteiger partial charge in [-0.15, -0.1) is 0 Å². The second kappa shape index (κ2) is 5.98. The second-order valence-electron chi connectivity index (χ2n) is 8.28. The summed E-state index contributed by atoms with van der Waals surface area (Å²) >= 11 is 0. The predicted molar refractivity (Wildman–Crippen MR) is 112 cm³/mol. The molecule has 3 aromatic rings. The van der Waals surface area contributed by atoms with Crippen LogP contribution in [0.2, 0.25) is 0 Å². The fourth-order valence-electron chi connectivity index (χ4n) is 5.22. The Labute approximate surface area is 173 Å². The van der Waals surface area contributed by atoms with Crippen LogP contribution in [0.15, 0.2) is 60.8 Å². The highest BCUT2D eigenvalue weighted by Crippen LogP contribution is 2.62. The van der Waals surface area contributed by atoms with Gasteiger partial charge < -0.3 is 4.74 Å². The summed E-state index contributed by atoms with van der Waals surface area (Å²) in [7, 11) is 1.62. The lowest BCUT2D eigenvalue weighted by molar-refractivity contribution is -0.140. The largest absolute Gasteiger partial charge is 0.497 e. The maximum absolute atomic E-state index is 13.1. The maximum atomic E-state index is 13.1. The molecule has 2 fully saturated rings. The first-order chi connectivity index (χ1) is 14.6. The van der Waals surface area contributed by atoms with Crippen LogP contribution in [0.5, 0.6) is 5.75 Å². The van der Waals surface area contributed by atoms with E-state index in [0.29, 0.717) is 17.9 Å². The van der Waals surface area contributed by atoms with Crippen molar-refractivity contribution in [1.82, 2.24) is 9.97 Å². The molecule has 6 heteroatoms. The number of carbonyl (C=O) groups excluding carboxylic acids is 2. The first-order valence-electron chi connectivity index (χ1n) is 10.1. The smallest absolute Gasteiger partial charge is 0.241 e. The summed E-state index contributed by atoms with van der Waals surface area (Å²) in [6.07, 6.45) is 7.39. The van der Waals surface area contributed by atoms with Crippen molar-refractivity contribution in [2.45, 2.75) is 12.8 Å². The van der Waals surface area contributed by atoms with Gasteiger partial charge in [0.15, 0.2) is 5.82 Å². The SMILES string of the molecule is COc1ccc2cnc(-c3ccc(N4C(=O)C5C6C=CC[C@]5(C6)C4=O)cc3)nc2c1. The van der Waals surface area contributed by atoms with Gasteiger partial charge in [-0.3, -0.25) is 9.59 Å². The number of methoxy groups -OCH3 is 1. The van der Waals surface area contributed by atoms with Crippen molar-refractivity contribution < 1.29 is 14.3 Å². The summed E-state index contributed by atoms with van der Waals surface area (Å²) in [6, 6.07) is 13.0. The molecule has 2 aromatic carbocycles. The molecule has 6 nitrogen and oxygen atoms in total. The van der Waals surface area contributed by atoms with E-state index in [2.05, 4.69) is 22.1 Å². The third-order valence-corrected chi connectivity index (χ3v) is 6.78. The van der Waals surface area contributed by atoms with Gasteiger partial charge >= 0.3 is 0 Å². The van der Waals surface area contributed by atoms with Crippen LogP contribution in [-0.4, -0.2) is 28.9 Å². The number of anilines is 1. The van der Waals surface area contributed by atoms with Gasteiger partial charge in [0, 0.05) is 23.2 Å². The van der Waals surface area contributed by atoms with Crippen LogP contribution in [0.1, 0.15) is 12.8 Å². The molecular formula is C24H19N3O3. The van der Waals surface area contributed by atoms with E-state index in [1.54, 1.807) is 13.3 Å². The van der Waals surface area contributed by atoms with Crippen molar-refractivity contribution in [2.75, 3.05) is 12.0 Å². The molecule has 3 aliphatic rings. The highest BCUT2D eigenvalue weighted by Gasteiger charge is 2.69. The molecule has 148 valence electrons. The van der Waals surface area contributed by atoms with Crippen molar-refractivity contribution in [3.8, 4) is 17.1 Å². The molecule has 0 spiro atoms. The van der Waals surface area contributed by atoms with E-state index in [-0.39, 0.29) is 23.7 Å². The number of carbonyl (C=O) groups is 2. The molecule has 0 radical (unpaired) electrons. The molecule has 30 heavy (non-hydrogen) atoms. The number of fused-ring (bicyclic) bond motifs is 1. The number of hydrogen-bond donors (Lipinski definition) is 0. The Balaban J connectivity index is 1.33. The Morgan fingerprint density at radius 1 is 1.13 bits per heavy atom. The second-order valence-corrected chi connectivity index (χ2v) is 8.28. The number of allylic oxidation sites excluding steroid dienone is 2. The zero-order chi connectivity index (χ0) is 20.5. The summed E-state index contributed by atoms with van der Waals surface area (Å²) in [4.78, 5) is 36.6. The highest BCUT2D eigenvalue weighted by molar-refractivity contribution is 6.25. The highest BCUT2D eigenvalue weighted by atomic mass is 16.5. The molecule has 2 bridgehead atoms. The minimum Gasteiger partial charge on any atom is -0.497 e. The Hall–Kier alpha value is -3.54. The van der Waals surface area contributed by atoms with Gasteiger partial charge in [0.1, 0.15) is 5.75 Å². The number of nitrogens with zero attached hydrogens (tertiary/aromatic N) is 3. The summed E-state index contributed by atoms with van der Waals surface area (Å²) in [5, 5.41) is 0.930. The first kappa shape index (κ1) is 17.3. The molecule has 2 heterocycles. The average molecular weight is 397 g/mol. The van der Waals surface area contributed by atoms with Crippen LogP contribution in [0, 0.1) is 17.3 Å². The molecule has 2 unspecified atom stereocenters. The molecule has 1 aromatic heterocycles. The summed E-state index contributed by atoms with van der Waals surface area (Å²) in [6.45, 7) is 0. The molecule has 6 rings (SSSR count). The molecule has 3 atom stereocenters. The quantitative estimate of drug-likeness (QED) is 0.497. The Bertz CT molecular complexity index is 1250. The summed E-state index contributed by atoms with van der Waals surface area (Å²) in [5.41, 5.74) is 1.73. The van der Waals surface area contributed by atoms with Crippen LogP contribution in [0.4, 0.5) is 5.69 Å². The van der Waals surface area contributed by atoms with Crippen molar-refractivity contribution in [1.29, 1.82) is 0 Å². The number of imide groups is 1. The Morgan fingerprint density at radius 3 is 2.70 bits per heavy atom. The fraction of sp³-hybridized carbons (Fsp3) is 0.250. The van der Waals surface area contributed by atoms with Crippen LogP contribution >= 0.6 is 0 Å². The number of hydrogen-bond acceptors (Lipinski definition) is 5. The van der Waals surface area contributed by atoms with Gasteiger partial charge in [-0.2, -0.15) is 0 Å². The van der Waals surface area contributed by atoms with Crippen LogP contribution < -0.4 is 9.64 Å². The summed E-state index contributed by atoms with van der Waals surface area (Å²) < 4.78 is 5.28. The minimum atomic E-state index is -0.504. The molecule has 1 saturated carbocycles. The predicted octanol–water partition coefficient (Wildman–Crippen LogP) is 3.76. The molecular weight excluding hydrogens is 378 g/mol. The third-order valence-electron chi connectivity index (χ3n) is 6.78. The normalized spacial score (nSPS) is 26.6. The number of rotatable bonds is 3. The molecule has 1 aliphatic heterocycles. The monoisotopic (exact) mass is 397 g/mol. The molecule has 1 saturated heterocycles. The zero-order valence-electron chi connectivity index (χ0n) is 16.4. The van der Waals surface area contributed by atoms with E-state index in [0.717, 1.165) is 28.6 Å². The lowest BCUT2D eigenvalue weighted by Gasteiger charge is -2.48. The first-order valence-corrected chi connectivity index (χ1v) is 10.1. The van der Waals surface area contributed by atoms with Crippen molar-refractivity contribution in [2.24, 2.45) is 17.3 Å². The Morgan fingerprint density at radius 2 is 1.97 bits per heavy atom. The Kier molecular flexibility index (Phi) is 3.46. The van der Waals surface area contributed by atoms with Crippen molar-refractivity contribution >= 4 is 28.4 Å². The summed E-state index contributed by atoms with van der Waals surface area (Å²) in [5.74, 6) is 1.22. The average Bonchev–Trinajstić information content (AvgIpc) is 2.95. The van der Waals surface area contributed by atoms with E-state index in [1.807, 2.05) is 42.5 Å². The lowest BCUT2D eigenvalue weighted by Crippen LogP contribution is -2.51. The van der Waals surface area contributed by atoms with Gasteiger partial charge in [-0.05, 0) is 55.2 Å². The van der Waals surface area contributed by atoms with Crippen molar-refractivity contribution in [3.63, 3.8) is 0 Å².